The Kier molecular flexibility index (Phi) is 11.8. The van der Waals surface area contributed by atoms with Crippen LogP contribution in [-0.4, -0.2) is 15.8 Å². The van der Waals surface area contributed by atoms with Gasteiger partial charge in [-0.1, -0.05) is 267 Å². The smallest absolute Gasteiger partial charge is 0.252 e. The van der Waals surface area contributed by atoms with E-state index in [0.717, 1.165) is 6.42 Å². The van der Waals surface area contributed by atoms with E-state index in [9.17, 15) is 0 Å². The molecule has 14 aromatic carbocycles. The molecule has 0 N–H and O–H groups in total. The van der Waals surface area contributed by atoms with Crippen LogP contribution in [0.25, 0.3) is 153 Å². The van der Waals surface area contributed by atoms with Crippen molar-refractivity contribution in [2.24, 2.45) is 0 Å². The standard InChI is InChI=1S/C96H85BN2/c1-91(2,3)58-34-39-80-71(50-58)73-51-59(92(4,5)6)52-78-89(73)98(80)82-48-57(60-35-31-54(55-32-37-74-76(46-55)95(11,12)43-41-93(74,7)8)45-70(60)56-33-38-75-77(47-56)96(13,14)44-42-94(75,9)10)49-83-88(82)97(78)79-53-72-66-28-18-16-24-62(66)64-26-20-22-30-68(64)85(72)87-86-81(99(83)90(79)87)40-36-69-65-27-17-15-23-61(65)63-25-19-21-29-67(63)84(69)86/h15-40,45-53H,41-44H2,1-14H3. The SMILES string of the molecule is CC(C)(C)c1ccc2c(c1)c1cc(C(C)(C)C)cc3c1n2-c1cc(-c2ccc(-c4ccc5c(c4)C(C)(C)CCC5(C)C)cc2-c2ccc4c(c2)C(C)(C)CCC4(C)C)cc2c1B3c1cc3c4ccccc4c4ccccc4c3c3c4c5c6ccccc6c6ccccc6c5ccc4n-2c13. The molecule has 2 aliphatic heterocycles. The van der Waals surface area contributed by atoms with Crippen LogP contribution in [0, 0.1) is 0 Å². The van der Waals surface area contributed by atoms with Crippen molar-refractivity contribution in [3.05, 3.63) is 246 Å². The third-order valence-electron chi connectivity index (χ3n) is 25.5. The minimum absolute atomic E-state index is 0.0201. The Morgan fingerprint density at radius 3 is 1.29 bits per heavy atom. The molecule has 20 rings (SSSR count). The van der Waals surface area contributed by atoms with Crippen molar-refractivity contribution in [1.82, 2.24) is 9.13 Å². The fourth-order valence-corrected chi connectivity index (χ4v) is 19.8. The summed E-state index contributed by atoms with van der Waals surface area (Å²) in [4.78, 5) is 0. The fourth-order valence-electron chi connectivity index (χ4n) is 19.8. The topological polar surface area (TPSA) is 9.86 Å². The lowest BCUT2D eigenvalue weighted by molar-refractivity contribution is 0.332. The molecule has 0 amide bonds. The molecule has 99 heavy (non-hydrogen) atoms. The zero-order chi connectivity index (χ0) is 67.7. The van der Waals surface area contributed by atoms with Crippen molar-refractivity contribution >= 4 is 131 Å². The van der Waals surface area contributed by atoms with Crippen LogP contribution in [0.4, 0.5) is 0 Å². The van der Waals surface area contributed by atoms with Crippen molar-refractivity contribution < 1.29 is 0 Å². The second kappa shape index (κ2) is 19.6. The largest absolute Gasteiger partial charge is 0.310 e. The van der Waals surface area contributed by atoms with Gasteiger partial charge in [0.15, 0.2) is 0 Å². The summed E-state index contributed by atoms with van der Waals surface area (Å²) in [5.74, 6) is 0. The van der Waals surface area contributed by atoms with E-state index < -0.39 is 0 Å². The maximum absolute atomic E-state index is 2.79. The summed E-state index contributed by atoms with van der Waals surface area (Å²) < 4.78 is 5.53. The Morgan fingerprint density at radius 2 is 0.727 bits per heavy atom. The average molecular weight is 1280 g/mol. The highest BCUT2D eigenvalue weighted by Crippen LogP contribution is 2.54. The van der Waals surface area contributed by atoms with E-state index >= 15 is 0 Å². The molecule has 2 aromatic heterocycles. The van der Waals surface area contributed by atoms with Crippen LogP contribution < -0.4 is 16.4 Å². The lowest BCUT2D eigenvalue weighted by atomic mass is 9.34. The Hall–Kier alpha value is -9.70. The van der Waals surface area contributed by atoms with Gasteiger partial charge in [0.05, 0.1) is 16.6 Å². The summed E-state index contributed by atoms with van der Waals surface area (Å²) in [6, 6.07) is 85.3. The van der Waals surface area contributed by atoms with Crippen molar-refractivity contribution in [3.8, 4) is 44.8 Å². The molecule has 0 atom stereocenters. The molecule has 0 fully saturated rings. The molecule has 0 saturated carbocycles. The molecule has 2 aliphatic carbocycles. The summed E-state index contributed by atoms with van der Waals surface area (Å²) in [6.07, 6.45) is 4.69. The minimum Gasteiger partial charge on any atom is -0.310 e. The summed E-state index contributed by atoms with van der Waals surface area (Å²) in [6.45, 7) is 34.0. The third-order valence-corrected chi connectivity index (χ3v) is 25.5. The van der Waals surface area contributed by atoms with Crippen LogP contribution >= 0.6 is 0 Å². The van der Waals surface area contributed by atoms with Gasteiger partial charge in [-0.15, -0.1) is 0 Å². The highest BCUT2D eigenvalue weighted by Gasteiger charge is 2.45. The second-order valence-corrected chi connectivity index (χ2v) is 35.2. The maximum atomic E-state index is 2.79. The van der Waals surface area contributed by atoms with Crippen LogP contribution in [0.15, 0.2) is 212 Å². The van der Waals surface area contributed by atoms with Gasteiger partial charge < -0.3 is 9.13 Å². The predicted octanol–water partition coefficient (Wildman–Crippen LogP) is 24.2. The fraction of sp³-hybridized carbons (Fsp3) is 0.250. The quantitative estimate of drug-likeness (QED) is 0.123. The van der Waals surface area contributed by atoms with Crippen LogP contribution in [0.2, 0.25) is 0 Å². The van der Waals surface area contributed by atoms with E-state index in [1.165, 1.54) is 222 Å². The van der Waals surface area contributed by atoms with E-state index in [1.54, 1.807) is 0 Å². The van der Waals surface area contributed by atoms with Gasteiger partial charge in [-0.3, -0.25) is 0 Å². The molecule has 16 aromatic rings. The Morgan fingerprint density at radius 1 is 0.293 bits per heavy atom. The van der Waals surface area contributed by atoms with Crippen molar-refractivity contribution in [2.75, 3.05) is 0 Å². The lowest BCUT2D eigenvalue weighted by Crippen LogP contribution is -2.59. The van der Waals surface area contributed by atoms with E-state index in [2.05, 4.69) is 318 Å². The Bertz CT molecular complexity index is 6340. The Labute approximate surface area is 582 Å². The normalized spacial score (nSPS) is 16.5. The van der Waals surface area contributed by atoms with Gasteiger partial charge in [0.2, 0.25) is 0 Å². The number of hydrogen-bond acceptors (Lipinski definition) is 0. The van der Waals surface area contributed by atoms with Crippen molar-refractivity contribution in [1.29, 1.82) is 0 Å². The number of hydrogen-bond donors (Lipinski definition) is 0. The molecule has 0 radical (unpaired) electrons. The maximum Gasteiger partial charge on any atom is 0.252 e. The molecule has 0 unspecified atom stereocenters. The Balaban J connectivity index is 0.989. The third kappa shape index (κ3) is 8.08. The monoisotopic (exact) mass is 1280 g/mol. The molecule has 0 bridgehead atoms. The molecule has 2 nitrogen and oxygen atoms in total. The van der Waals surface area contributed by atoms with Crippen LogP contribution in [0.3, 0.4) is 0 Å². The average Bonchev–Trinajstić information content (AvgIpc) is 1.53. The first-order valence-corrected chi connectivity index (χ1v) is 36.7. The van der Waals surface area contributed by atoms with Gasteiger partial charge >= 0.3 is 0 Å². The molecule has 482 valence electrons. The number of aromatic nitrogens is 2. The van der Waals surface area contributed by atoms with E-state index in [-0.39, 0.29) is 39.2 Å². The number of nitrogens with zero attached hydrogens (tertiary/aromatic N) is 2. The molecule has 4 heterocycles. The second-order valence-electron chi connectivity index (χ2n) is 35.2. The molecule has 0 saturated heterocycles. The van der Waals surface area contributed by atoms with Gasteiger partial charge in [0, 0.05) is 49.2 Å². The summed E-state index contributed by atoms with van der Waals surface area (Å²) in [7, 11) is 0. The van der Waals surface area contributed by atoms with Crippen LogP contribution in [-0.2, 0) is 32.5 Å². The van der Waals surface area contributed by atoms with Gasteiger partial charge in [-0.2, -0.15) is 0 Å². The lowest BCUT2D eigenvalue weighted by Gasteiger charge is -2.42. The van der Waals surface area contributed by atoms with E-state index in [4.69, 9.17) is 0 Å². The van der Waals surface area contributed by atoms with Crippen LogP contribution in [0.1, 0.15) is 156 Å². The highest BCUT2D eigenvalue weighted by molar-refractivity contribution is 7.00. The summed E-state index contributed by atoms with van der Waals surface area (Å²) in [5, 5.41) is 20.9. The van der Waals surface area contributed by atoms with Crippen molar-refractivity contribution in [3.63, 3.8) is 0 Å². The molecular weight excluding hydrogens is 1190 g/mol. The number of fused-ring (bicyclic) bond motifs is 26. The zero-order valence-electron chi connectivity index (χ0n) is 60.0. The van der Waals surface area contributed by atoms with E-state index in [1.807, 2.05) is 0 Å². The van der Waals surface area contributed by atoms with Gasteiger partial charge in [0.1, 0.15) is 0 Å². The van der Waals surface area contributed by atoms with Gasteiger partial charge in [0.25, 0.3) is 6.71 Å². The molecule has 0 spiro atoms. The molecule has 3 heteroatoms. The predicted molar refractivity (Wildman–Crippen MR) is 429 cm³/mol. The minimum atomic E-state index is -0.135. The van der Waals surface area contributed by atoms with Crippen LogP contribution in [0.5, 0.6) is 0 Å². The first-order chi connectivity index (χ1) is 47.3. The van der Waals surface area contributed by atoms with E-state index in [0.29, 0.717) is 0 Å². The van der Waals surface area contributed by atoms with Crippen molar-refractivity contribution in [2.45, 2.75) is 155 Å². The summed E-state index contributed by atoms with van der Waals surface area (Å²) >= 11 is 0. The highest BCUT2D eigenvalue weighted by atomic mass is 15.0. The molecular formula is C96H85BN2. The summed E-state index contributed by atoms with van der Waals surface area (Å²) in [5.41, 5.74) is 28.1. The zero-order valence-corrected chi connectivity index (χ0v) is 60.0. The first-order valence-electron chi connectivity index (χ1n) is 36.7. The van der Waals surface area contributed by atoms with Gasteiger partial charge in [-0.05, 0) is 238 Å². The number of benzene rings is 14. The molecule has 4 aliphatic rings. The first kappa shape index (κ1) is 59.4. The number of rotatable bonds is 3. The van der Waals surface area contributed by atoms with Gasteiger partial charge in [-0.25, -0.2) is 0 Å².